The minimum atomic E-state index is 0.181. The van der Waals surface area contributed by atoms with E-state index in [1.807, 2.05) is 24.3 Å². The Morgan fingerprint density at radius 2 is 1.80 bits per heavy atom. The van der Waals surface area contributed by atoms with Crippen LogP contribution in [0.25, 0.3) is 11.3 Å². The molecule has 0 aliphatic rings. The summed E-state index contributed by atoms with van der Waals surface area (Å²) in [5.74, 6) is 0.550. The van der Waals surface area contributed by atoms with Crippen LogP contribution in [0.3, 0.4) is 0 Å². The van der Waals surface area contributed by atoms with E-state index < -0.39 is 0 Å². The molecule has 2 rings (SSSR count). The molecule has 4 N–H and O–H groups in total. The average Bonchev–Trinajstić information content (AvgIpc) is 2.16. The van der Waals surface area contributed by atoms with Gasteiger partial charge in [-0.1, -0.05) is 34.1 Å². The van der Waals surface area contributed by atoms with Crippen LogP contribution >= 0.6 is 15.9 Å². The molecule has 0 amide bonds. The average molecular weight is 265 g/mol. The lowest BCUT2D eigenvalue weighted by molar-refractivity contribution is 1.20. The topological polar surface area (TPSA) is 77.8 Å². The Hall–Kier alpha value is -1.62. The van der Waals surface area contributed by atoms with Crippen molar-refractivity contribution >= 4 is 27.7 Å². The molecule has 4 nitrogen and oxygen atoms in total. The van der Waals surface area contributed by atoms with Crippen LogP contribution in [-0.4, -0.2) is 9.97 Å². The molecule has 5 heteroatoms. The Balaban J connectivity index is 2.59. The number of anilines is 2. The first-order valence-electron chi connectivity index (χ1n) is 4.32. The summed E-state index contributed by atoms with van der Waals surface area (Å²) >= 11 is 3.44. The Bertz CT molecular complexity index is 478. The van der Waals surface area contributed by atoms with Crippen LogP contribution in [0.1, 0.15) is 0 Å². The maximum Gasteiger partial charge on any atom is 0.222 e. The molecule has 1 heterocycles. The highest BCUT2D eigenvalue weighted by molar-refractivity contribution is 9.10. The number of nitrogens with zero attached hydrogens (tertiary/aromatic N) is 2. The number of rotatable bonds is 1. The molecule has 2 aromatic rings. The van der Waals surface area contributed by atoms with Crippen LogP contribution in [0.5, 0.6) is 0 Å². The van der Waals surface area contributed by atoms with E-state index in [0.29, 0.717) is 11.5 Å². The van der Waals surface area contributed by atoms with Gasteiger partial charge in [-0.25, -0.2) is 4.98 Å². The highest BCUT2D eigenvalue weighted by atomic mass is 79.9. The summed E-state index contributed by atoms with van der Waals surface area (Å²) in [7, 11) is 0. The fraction of sp³-hybridized carbons (Fsp3) is 0. The zero-order valence-corrected chi connectivity index (χ0v) is 9.40. The summed E-state index contributed by atoms with van der Waals surface area (Å²) in [6.07, 6.45) is 0. The maximum absolute atomic E-state index is 5.60. The molecule has 0 saturated heterocycles. The molecule has 0 saturated carbocycles. The predicted molar refractivity (Wildman–Crippen MR) is 64.0 cm³/mol. The maximum atomic E-state index is 5.60. The molecule has 0 aliphatic carbocycles. The van der Waals surface area contributed by atoms with Crippen LogP contribution in [0.2, 0.25) is 0 Å². The van der Waals surface area contributed by atoms with Crippen molar-refractivity contribution in [2.75, 3.05) is 11.5 Å². The van der Waals surface area contributed by atoms with Gasteiger partial charge in [-0.3, -0.25) is 0 Å². The van der Waals surface area contributed by atoms with Crippen molar-refractivity contribution in [3.8, 4) is 11.3 Å². The molecule has 0 radical (unpaired) electrons. The lowest BCUT2D eigenvalue weighted by atomic mass is 10.1. The third kappa shape index (κ3) is 2.07. The summed E-state index contributed by atoms with van der Waals surface area (Å²) < 4.78 is 0.947. The van der Waals surface area contributed by atoms with Gasteiger partial charge in [0.1, 0.15) is 5.82 Å². The van der Waals surface area contributed by atoms with E-state index in [0.717, 1.165) is 10.0 Å². The third-order valence-electron chi connectivity index (χ3n) is 1.91. The number of halogens is 1. The van der Waals surface area contributed by atoms with Gasteiger partial charge in [-0.2, -0.15) is 4.98 Å². The lowest BCUT2D eigenvalue weighted by Crippen LogP contribution is -2.00. The molecule has 1 aromatic carbocycles. The highest BCUT2D eigenvalue weighted by Crippen LogP contribution is 2.27. The largest absolute Gasteiger partial charge is 0.384 e. The first-order valence-corrected chi connectivity index (χ1v) is 5.11. The van der Waals surface area contributed by atoms with Gasteiger partial charge < -0.3 is 11.5 Å². The Kier molecular flexibility index (Phi) is 2.55. The van der Waals surface area contributed by atoms with E-state index in [-0.39, 0.29) is 5.95 Å². The standard InChI is InChI=1S/C10H9BrN4/c11-7-4-2-1-3-6(7)8-5-9(12)15-10(13)14-8/h1-5H,(H4,12,13,14,15). The number of hydrogen-bond acceptors (Lipinski definition) is 4. The van der Waals surface area contributed by atoms with Gasteiger partial charge >= 0.3 is 0 Å². The number of benzene rings is 1. The zero-order valence-electron chi connectivity index (χ0n) is 7.81. The van der Waals surface area contributed by atoms with Gasteiger partial charge in [0.05, 0.1) is 5.69 Å². The fourth-order valence-electron chi connectivity index (χ4n) is 1.29. The molecular weight excluding hydrogens is 256 g/mol. The smallest absolute Gasteiger partial charge is 0.222 e. The number of hydrogen-bond donors (Lipinski definition) is 2. The summed E-state index contributed by atoms with van der Waals surface area (Å²) in [5, 5.41) is 0. The fourth-order valence-corrected chi connectivity index (χ4v) is 1.78. The Morgan fingerprint density at radius 3 is 2.47 bits per heavy atom. The quantitative estimate of drug-likeness (QED) is 0.827. The first-order chi connectivity index (χ1) is 7.16. The molecule has 76 valence electrons. The van der Waals surface area contributed by atoms with Crippen molar-refractivity contribution in [2.45, 2.75) is 0 Å². The summed E-state index contributed by atoms with van der Waals surface area (Å²) in [5.41, 5.74) is 12.8. The van der Waals surface area contributed by atoms with E-state index in [2.05, 4.69) is 25.9 Å². The molecule has 0 aliphatic heterocycles. The van der Waals surface area contributed by atoms with Gasteiger partial charge in [0.15, 0.2) is 0 Å². The van der Waals surface area contributed by atoms with Crippen molar-refractivity contribution in [1.29, 1.82) is 0 Å². The minimum absolute atomic E-state index is 0.181. The normalized spacial score (nSPS) is 10.2. The zero-order chi connectivity index (χ0) is 10.8. The third-order valence-corrected chi connectivity index (χ3v) is 2.60. The summed E-state index contributed by atoms with van der Waals surface area (Å²) in [6.45, 7) is 0. The molecule has 0 fully saturated rings. The van der Waals surface area contributed by atoms with E-state index in [1.165, 1.54) is 0 Å². The van der Waals surface area contributed by atoms with Crippen molar-refractivity contribution in [3.63, 3.8) is 0 Å². The van der Waals surface area contributed by atoms with Crippen LogP contribution in [0, 0.1) is 0 Å². The van der Waals surface area contributed by atoms with Crippen molar-refractivity contribution in [3.05, 3.63) is 34.8 Å². The molecule has 15 heavy (non-hydrogen) atoms. The van der Waals surface area contributed by atoms with E-state index in [1.54, 1.807) is 6.07 Å². The Morgan fingerprint density at radius 1 is 1.07 bits per heavy atom. The van der Waals surface area contributed by atoms with Gasteiger partial charge in [0.25, 0.3) is 0 Å². The van der Waals surface area contributed by atoms with Crippen LogP contribution in [-0.2, 0) is 0 Å². The molecular formula is C10H9BrN4. The highest BCUT2D eigenvalue weighted by Gasteiger charge is 2.05. The van der Waals surface area contributed by atoms with E-state index >= 15 is 0 Å². The van der Waals surface area contributed by atoms with E-state index in [9.17, 15) is 0 Å². The predicted octanol–water partition coefficient (Wildman–Crippen LogP) is 2.07. The van der Waals surface area contributed by atoms with Crippen molar-refractivity contribution in [1.82, 2.24) is 9.97 Å². The molecule has 1 aromatic heterocycles. The van der Waals surface area contributed by atoms with Gasteiger partial charge in [-0.15, -0.1) is 0 Å². The first kappa shape index (κ1) is 9.92. The summed E-state index contributed by atoms with van der Waals surface area (Å²) in [6, 6.07) is 9.42. The van der Waals surface area contributed by atoms with Crippen molar-refractivity contribution in [2.24, 2.45) is 0 Å². The van der Waals surface area contributed by atoms with Gasteiger partial charge in [0.2, 0.25) is 5.95 Å². The number of nitrogen functional groups attached to an aromatic ring is 2. The van der Waals surface area contributed by atoms with Crippen molar-refractivity contribution < 1.29 is 0 Å². The van der Waals surface area contributed by atoms with E-state index in [4.69, 9.17) is 11.5 Å². The second-order valence-electron chi connectivity index (χ2n) is 3.02. The molecule has 0 atom stereocenters. The minimum Gasteiger partial charge on any atom is -0.384 e. The molecule has 0 bridgehead atoms. The molecule has 0 spiro atoms. The van der Waals surface area contributed by atoms with Gasteiger partial charge in [0, 0.05) is 16.1 Å². The summed E-state index contributed by atoms with van der Waals surface area (Å²) in [4.78, 5) is 7.94. The second-order valence-corrected chi connectivity index (χ2v) is 3.87. The Labute approximate surface area is 95.5 Å². The van der Waals surface area contributed by atoms with Crippen LogP contribution < -0.4 is 11.5 Å². The van der Waals surface area contributed by atoms with Crippen LogP contribution in [0.15, 0.2) is 34.8 Å². The van der Waals surface area contributed by atoms with Crippen LogP contribution in [0.4, 0.5) is 11.8 Å². The molecule has 0 unspecified atom stereocenters. The number of nitrogens with two attached hydrogens (primary N) is 2. The van der Waals surface area contributed by atoms with Gasteiger partial charge in [-0.05, 0) is 6.07 Å². The second kappa shape index (κ2) is 3.86. The lowest BCUT2D eigenvalue weighted by Gasteiger charge is -2.04. The SMILES string of the molecule is Nc1cc(-c2ccccc2Br)nc(N)n1. The monoisotopic (exact) mass is 264 g/mol. The number of aromatic nitrogens is 2.